The summed E-state index contributed by atoms with van der Waals surface area (Å²) in [5.74, 6) is -1.59. The summed E-state index contributed by atoms with van der Waals surface area (Å²) < 4.78 is 37.5. The van der Waals surface area contributed by atoms with Gasteiger partial charge < -0.3 is 19.8 Å². The van der Waals surface area contributed by atoms with Crippen molar-refractivity contribution in [2.75, 3.05) is 26.2 Å². The van der Waals surface area contributed by atoms with E-state index >= 15 is 0 Å². The lowest BCUT2D eigenvalue weighted by atomic mass is 9.87. The molecule has 1 aliphatic rings. The van der Waals surface area contributed by atoms with Crippen LogP contribution in [0.1, 0.15) is 36.5 Å². The quantitative estimate of drug-likeness (QED) is 0.590. The third kappa shape index (κ3) is 9.12. The highest BCUT2D eigenvalue weighted by molar-refractivity contribution is 5.73. The number of nitriles is 1. The highest BCUT2D eigenvalue weighted by atomic mass is 19.4. The van der Waals surface area contributed by atoms with Crippen LogP contribution in [0.25, 0.3) is 0 Å². The van der Waals surface area contributed by atoms with Crippen molar-refractivity contribution >= 4 is 5.97 Å². The van der Waals surface area contributed by atoms with Crippen molar-refractivity contribution in [1.29, 1.82) is 5.26 Å². The van der Waals surface area contributed by atoms with Crippen molar-refractivity contribution < 1.29 is 32.9 Å². The highest BCUT2D eigenvalue weighted by Gasteiger charge is 2.38. The molecule has 33 heavy (non-hydrogen) atoms. The van der Waals surface area contributed by atoms with Gasteiger partial charge in [-0.3, -0.25) is 0 Å². The number of alkyl halides is 3. The minimum atomic E-state index is -5.08. The number of carboxylic acids is 1. The highest BCUT2D eigenvalue weighted by Crippen LogP contribution is 2.30. The topological polar surface area (TPSA) is 93.8 Å². The van der Waals surface area contributed by atoms with Crippen LogP contribution in [0.5, 0.6) is 5.75 Å². The second-order valence-electron chi connectivity index (χ2n) is 7.68. The standard InChI is InChI=1S/C22H26N2O2.C2HF3O2/c23-17-18-7-9-21(10-8-18)26-16-4-13-24-14-11-20(12-15-24)22(25)19-5-2-1-3-6-19;3-2(4,5)1(6)7/h1-3,5-10,20,22,25H,4,11-16H2;(H,6,7). The van der Waals surface area contributed by atoms with Gasteiger partial charge in [-0.05, 0) is 68.1 Å². The molecule has 1 atom stereocenters. The summed E-state index contributed by atoms with van der Waals surface area (Å²) in [5, 5.41) is 26.5. The molecule has 2 aromatic carbocycles. The summed E-state index contributed by atoms with van der Waals surface area (Å²) in [7, 11) is 0. The van der Waals surface area contributed by atoms with Crippen molar-refractivity contribution in [3.05, 3.63) is 65.7 Å². The molecule has 0 aromatic heterocycles. The number of carbonyl (C=O) groups is 1. The molecule has 0 saturated carbocycles. The van der Waals surface area contributed by atoms with Crippen molar-refractivity contribution in [2.24, 2.45) is 5.92 Å². The Morgan fingerprint density at radius 1 is 1.12 bits per heavy atom. The molecule has 0 bridgehead atoms. The largest absolute Gasteiger partial charge is 0.494 e. The lowest BCUT2D eigenvalue weighted by Crippen LogP contribution is -2.36. The third-order valence-corrected chi connectivity index (χ3v) is 5.33. The first-order chi connectivity index (χ1) is 15.7. The zero-order valence-corrected chi connectivity index (χ0v) is 18.0. The van der Waals surface area contributed by atoms with Gasteiger partial charge >= 0.3 is 12.1 Å². The van der Waals surface area contributed by atoms with Gasteiger partial charge in [0, 0.05) is 6.54 Å². The molecule has 1 aliphatic heterocycles. The monoisotopic (exact) mass is 464 g/mol. The van der Waals surface area contributed by atoms with E-state index in [1.165, 1.54) is 0 Å². The number of halogens is 3. The average Bonchev–Trinajstić information content (AvgIpc) is 2.82. The fraction of sp³-hybridized carbons (Fsp3) is 0.417. The molecule has 2 N–H and O–H groups in total. The number of rotatable bonds is 7. The lowest BCUT2D eigenvalue weighted by molar-refractivity contribution is -0.192. The number of hydrogen-bond donors (Lipinski definition) is 2. The van der Waals surface area contributed by atoms with E-state index in [1.807, 2.05) is 42.5 Å². The lowest BCUT2D eigenvalue weighted by Gasteiger charge is -2.34. The number of aliphatic hydroxyl groups is 1. The van der Waals surface area contributed by atoms with E-state index in [9.17, 15) is 18.3 Å². The minimum Gasteiger partial charge on any atom is -0.494 e. The summed E-state index contributed by atoms with van der Waals surface area (Å²) in [4.78, 5) is 11.4. The normalized spacial score (nSPS) is 15.6. The second-order valence-corrected chi connectivity index (χ2v) is 7.68. The summed E-state index contributed by atoms with van der Waals surface area (Å²) in [6, 6.07) is 19.3. The molecule has 3 rings (SSSR count). The maximum Gasteiger partial charge on any atom is 0.490 e. The molecular formula is C24H27F3N2O4. The number of hydrogen-bond acceptors (Lipinski definition) is 5. The molecule has 1 heterocycles. The summed E-state index contributed by atoms with van der Waals surface area (Å²) in [6.07, 6.45) is -2.39. The molecule has 2 aromatic rings. The molecule has 0 amide bonds. The third-order valence-electron chi connectivity index (χ3n) is 5.33. The van der Waals surface area contributed by atoms with Gasteiger partial charge in [0.25, 0.3) is 0 Å². The Hall–Kier alpha value is -3.09. The van der Waals surface area contributed by atoms with Gasteiger partial charge in [0.05, 0.1) is 24.3 Å². The van der Waals surface area contributed by atoms with Crippen LogP contribution in [0.4, 0.5) is 13.2 Å². The van der Waals surface area contributed by atoms with Gasteiger partial charge in [0.2, 0.25) is 0 Å². The predicted molar refractivity (Wildman–Crippen MR) is 116 cm³/mol. The molecule has 178 valence electrons. The molecule has 1 unspecified atom stereocenters. The van der Waals surface area contributed by atoms with Gasteiger partial charge in [0.15, 0.2) is 0 Å². The van der Waals surface area contributed by atoms with Gasteiger partial charge in [-0.1, -0.05) is 30.3 Å². The number of benzene rings is 2. The summed E-state index contributed by atoms with van der Waals surface area (Å²) in [6.45, 7) is 3.76. The van der Waals surface area contributed by atoms with Gasteiger partial charge in [-0.2, -0.15) is 18.4 Å². The molecule has 0 radical (unpaired) electrons. The zero-order valence-electron chi connectivity index (χ0n) is 18.0. The fourth-order valence-electron chi connectivity index (χ4n) is 3.52. The van der Waals surface area contributed by atoms with Crippen LogP contribution in [-0.2, 0) is 4.79 Å². The number of ether oxygens (including phenoxy) is 1. The van der Waals surface area contributed by atoms with Crippen molar-refractivity contribution in [3.63, 3.8) is 0 Å². The first-order valence-electron chi connectivity index (χ1n) is 10.6. The van der Waals surface area contributed by atoms with Crippen molar-refractivity contribution in [2.45, 2.75) is 31.5 Å². The van der Waals surface area contributed by atoms with E-state index in [1.54, 1.807) is 12.1 Å². The van der Waals surface area contributed by atoms with E-state index in [0.29, 0.717) is 18.1 Å². The fourth-order valence-corrected chi connectivity index (χ4v) is 3.52. The van der Waals surface area contributed by atoms with E-state index in [2.05, 4.69) is 11.0 Å². The second kappa shape index (κ2) is 12.8. The summed E-state index contributed by atoms with van der Waals surface area (Å²) >= 11 is 0. The number of aliphatic carboxylic acids is 1. The predicted octanol–water partition coefficient (Wildman–Crippen LogP) is 4.41. The van der Waals surface area contributed by atoms with Crippen LogP contribution in [-0.4, -0.2) is 53.5 Å². The first kappa shape index (κ1) is 26.2. The molecule has 1 fully saturated rings. The maximum absolute atomic E-state index is 10.6. The number of carboxylic acid groups (broad SMARTS) is 1. The van der Waals surface area contributed by atoms with Crippen LogP contribution >= 0.6 is 0 Å². The van der Waals surface area contributed by atoms with Crippen LogP contribution < -0.4 is 4.74 Å². The summed E-state index contributed by atoms with van der Waals surface area (Å²) in [5.41, 5.74) is 1.68. The minimum absolute atomic E-state index is 0.349. The van der Waals surface area contributed by atoms with Crippen LogP contribution in [0.2, 0.25) is 0 Å². The SMILES string of the molecule is N#Cc1ccc(OCCCN2CCC(C(O)c3ccccc3)CC2)cc1.O=C(O)C(F)(F)F. The van der Waals surface area contributed by atoms with Crippen LogP contribution in [0.3, 0.4) is 0 Å². The van der Waals surface area contributed by atoms with Gasteiger partial charge in [-0.15, -0.1) is 0 Å². The Morgan fingerprint density at radius 2 is 1.70 bits per heavy atom. The Morgan fingerprint density at radius 3 is 2.21 bits per heavy atom. The van der Waals surface area contributed by atoms with Gasteiger partial charge in [0.1, 0.15) is 5.75 Å². The van der Waals surface area contributed by atoms with Crippen LogP contribution in [0, 0.1) is 17.2 Å². The van der Waals surface area contributed by atoms with E-state index in [4.69, 9.17) is 19.9 Å². The Balaban J connectivity index is 0.000000479. The molecule has 0 spiro atoms. The average molecular weight is 464 g/mol. The molecule has 0 aliphatic carbocycles. The van der Waals surface area contributed by atoms with Crippen molar-refractivity contribution in [1.82, 2.24) is 4.90 Å². The number of piperidine rings is 1. The Bertz CT molecular complexity index is 891. The van der Waals surface area contributed by atoms with Gasteiger partial charge in [-0.25, -0.2) is 4.79 Å². The molecular weight excluding hydrogens is 437 g/mol. The van der Waals surface area contributed by atoms with E-state index in [0.717, 1.165) is 50.2 Å². The zero-order chi connectivity index (χ0) is 24.3. The first-order valence-corrected chi connectivity index (χ1v) is 10.6. The van der Waals surface area contributed by atoms with Crippen molar-refractivity contribution in [3.8, 4) is 11.8 Å². The van der Waals surface area contributed by atoms with E-state index < -0.39 is 12.1 Å². The molecule has 1 saturated heterocycles. The smallest absolute Gasteiger partial charge is 0.490 e. The number of nitrogens with zero attached hydrogens (tertiary/aromatic N) is 2. The Labute approximate surface area is 190 Å². The molecule has 6 nitrogen and oxygen atoms in total. The Kier molecular flexibility index (Phi) is 10.2. The number of aliphatic hydroxyl groups excluding tert-OH is 1. The molecule has 9 heteroatoms. The van der Waals surface area contributed by atoms with E-state index in [-0.39, 0.29) is 6.10 Å². The van der Waals surface area contributed by atoms with Crippen LogP contribution in [0.15, 0.2) is 54.6 Å². The number of likely N-dealkylation sites (tertiary alicyclic amines) is 1. The maximum atomic E-state index is 10.6.